The molecule has 0 aromatic carbocycles. The number of carbonyl (C=O) groups is 14. The number of nitrogens with one attached hydrogen (secondary N) is 6. The molecular weight excluding hydrogens is 1190 g/mol. The van der Waals surface area contributed by atoms with Gasteiger partial charge in [-0.2, -0.15) is 0 Å². The van der Waals surface area contributed by atoms with E-state index in [2.05, 4.69) is 89.3 Å². The van der Waals surface area contributed by atoms with Gasteiger partial charge in [0.25, 0.3) is 0 Å². The molecule has 0 spiro atoms. The highest BCUT2D eigenvalue weighted by atomic mass is 16.7. The maximum absolute atomic E-state index is 11.2. The van der Waals surface area contributed by atoms with Gasteiger partial charge < -0.3 is 79.3 Å². The molecule has 30 nitrogen and oxygen atoms in total. The first kappa shape index (κ1) is 94.1. The summed E-state index contributed by atoms with van der Waals surface area (Å²) < 4.78 is 48.6. The van der Waals surface area contributed by atoms with Crippen molar-refractivity contribution in [3.05, 3.63) is 99.2 Å². The minimum atomic E-state index is -0.997. The first-order chi connectivity index (χ1) is 41.3. The summed E-state index contributed by atoms with van der Waals surface area (Å²) in [4.78, 5) is 151. The van der Waals surface area contributed by atoms with Gasteiger partial charge >= 0.3 is 47.8 Å². The van der Waals surface area contributed by atoms with E-state index in [0.29, 0.717) is 37.4 Å². The SMILES string of the molecule is C.C=C(C)C(=O)OC(CNC(C)=O)OCC.C=C(C)C(=O)OCC(COC(=O)C(=C)C)NC(C)=O.C=C(C)C(=O)OCCNC(C)=O.C=CC(=O)OC(CNC(C)=O)OCC.C=CC(=O)OCC(C)(COC(=O)C=C)NC(C)=O.C=CC(=O)OCCNC(C)=O. The Morgan fingerprint density at radius 3 is 1.03 bits per heavy atom. The van der Waals surface area contributed by atoms with Crippen LogP contribution in [0.25, 0.3) is 0 Å². The van der Waals surface area contributed by atoms with E-state index in [1.807, 2.05) is 0 Å². The van der Waals surface area contributed by atoms with Crippen LogP contribution < -0.4 is 31.9 Å². The zero-order chi connectivity index (χ0) is 70.3. The molecule has 0 aliphatic carbocycles. The summed E-state index contributed by atoms with van der Waals surface area (Å²) in [6.07, 6.45) is 2.61. The molecule has 0 fully saturated rings. The van der Waals surface area contributed by atoms with Crippen LogP contribution in [0.2, 0.25) is 0 Å². The third-order valence-electron chi connectivity index (χ3n) is 8.50. The zero-order valence-corrected chi connectivity index (χ0v) is 53.5. The zero-order valence-electron chi connectivity index (χ0n) is 53.5. The van der Waals surface area contributed by atoms with Crippen LogP contribution in [0.5, 0.6) is 0 Å². The molecule has 30 heteroatoms. The Hall–Kier alpha value is -9.58. The minimum absolute atomic E-state index is 0. The van der Waals surface area contributed by atoms with Gasteiger partial charge in [-0.15, -0.1) is 0 Å². The number of amides is 6. The Balaban J connectivity index is -0.000000185. The lowest BCUT2D eigenvalue weighted by Gasteiger charge is -2.28. The molecule has 0 aliphatic heterocycles. The van der Waals surface area contributed by atoms with Crippen LogP contribution in [-0.4, -0.2) is 186 Å². The van der Waals surface area contributed by atoms with E-state index in [1.54, 1.807) is 34.6 Å². The predicted octanol–water partition coefficient (Wildman–Crippen LogP) is 2.62. The van der Waals surface area contributed by atoms with Gasteiger partial charge in [0.05, 0.1) is 32.2 Å². The number of esters is 8. The Morgan fingerprint density at radius 2 is 0.733 bits per heavy atom. The molecule has 0 saturated heterocycles. The van der Waals surface area contributed by atoms with Crippen molar-refractivity contribution >= 4 is 83.2 Å². The Labute approximate surface area is 527 Å². The van der Waals surface area contributed by atoms with Gasteiger partial charge in [0.15, 0.2) is 0 Å². The highest BCUT2D eigenvalue weighted by Gasteiger charge is 2.29. The van der Waals surface area contributed by atoms with E-state index >= 15 is 0 Å². The van der Waals surface area contributed by atoms with Crippen LogP contribution in [0, 0.1) is 0 Å². The predicted molar refractivity (Wildman–Crippen MR) is 330 cm³/mol. The topological polar surface area (TPSA) is 403 Å². The summed E-state index contributed by atoms with van der Waals surface area (Å²) in [5.74, 6) is -5.73. The maximum atomic E-state index is 11.2. The molecule has 0 radical (unpaired) electrons. The summed E-state index contributed by atoms with van der Waals surface area (Å²) in [6, 6.07) is -0.607. The second-order valence-corrected chi connectivity index (χ2v) is 17.7. The number of ether oxygens (including phenoxy) is 10. The molecule has 90 heavy (non-hydrogen) atoms. The number of hydrogen-bond acceptors (Lipinski definition) is 24. The van der Waals surface area contributed by atoms with Crippen molar-refractivity contribution < 1.29 is 114 Å². The molecule has 0 aromatic heterocycles. The van der Waals surface area contributed by atoms with Crippen LogP contribution in [0.1, 0.15) is 97.4 Å². The van der Waals surface area contributed by atoms with Gasteiger partial charge in [-0.3, -0.25) is 28.8 Å². The summed E-state index contributed by atoms with van der Waals surface area (Å²) in [5.41, 5.74) is 0.157. The van der Waals surface area contributed by atoms with E-state index in [0.717, 1.165) is 24.3 Å². The first-order valence-electron chi connectivity index (χ1n) is 26.7. The number of rotatable bonds is 34. The van der Waals surface area contributed by atoms with Crippen molar-refractivity contribution in [1.82, 2.24) is 31.9 Å². The van der Waals surface area contributed by atoms with E-state index in [4.69, 9.17) is 42.6 Å². The molecular formula is C60H96N6O24. The second-order valence-electron chi connectivity index (χ2n) is 17.7. The summed E-state index contributed by atoms with van der Waals surface area (Å²) in [6.45, 7) is 47.8. The average Bonchev–Trinajstić information content (AvgIpc) is 2.60. The van der Waals surface area contributed by atoms with E-state index in [9.17, 15) is 67.1 Å². The van der Waals surface area contributed by atoms with Gasteiger partial charge in [-0.25, -0.2) is 38.4 Å². The van der Waals surface area contributed by atoms with Gasteiger partial charge in [0.2, 0.25) is 48.0 Å². The lowest BCUT2D eigenvalue weighted by molar-refractivity contribution is -0.173. The van der Waals surface area contributed by atoms with Crippen molar-refractivity contribution in [3.63, 3.8) is 0 Å². The number of carbonyl (C=O) groups excluding carboxylic acids is 14. The Morgan fingerprint density at radius 1 is 0.411 bits per heavy atom. The van der Waals surface area contributed by atoms with Crippen LogP contribution >= 0.6 is 0 Å². The summed E-state index contributed by atoms with van der Waals surface area (Å²) in [7, 11) is 0. The number of hydrogen-bond donors (Lipinski definition) is 6. The van der Waals surface area contributed by atoms with Gasteiger partial charge in [0, 0.05) is 101 Å². The third kappa shape index (κ3) is 67.5. The lowest BCUT2D eigenvalue weighted by Crippen LogP contribution is -2.52. The quantitative estimate of drug-likeness (QED) is 0.0177. The van der Waals surface area contributed by atoms with Crippen LogP contribution in [-0.2, 0) is 114 Å². The molecule has 0 bridgehead atoms. The van der Waals surface area contributed by atoms with Crippen molar-refractivity contribution in [3.8, 4) is 0 Å². The summed E-state index contributed by atoms with van der Waals surface area (Å²) >= 11 is 0. The molecule has 2 atom stereocenters. The summed E-state index contributed by atoms with van der Waals surface area (Å²) in [5, 5.41) is 15.0. The fourth-order valence-electron chi connectivity index (χ4n) is 4.56. The maximum Gasteiger partial charge on any atom is 0.335 e. The fraction of sp³-hybridized carbons (Fsp3) is 0.500. The molecule has 0 saturated carbocycles. The van der Waals surface area contributed by atoms with E-state index < -0.39 is 71.9 Å². The normalized spacial score (nSPS) is 10.0. The van der Waals surface area contributed by atoms with Crippen LogP contribution in [0.15, 0.2) is 99.2 Å². The second kappa shape index (κ2) is 58.4. The highest BCUT2D eigenvalue weighted by Crippen LogP contribution is 2.07. The largest absolute Gasteiger partial charge is 0.461 e. The smallest absolute Gasteiger partial charge is 0.335 e. The molecule has 6 N–H and O–H groups in total. The monoisotopic (exact) mass is 1280 g/mol. The molecule has 6 amide bonds. The molecule has 2 unspecified atom stereocenters. The van der Waals surface area contributed by atoms with Crippen molar-refractivity contribution in [2.75, 3.05) is 79.0 Å². The van der Waals surface area contributed by atoms with E-state index in [-0.39, 0.29) is 107 Å². The van der Waals surface area contributed by atoms with Crippen molar-refractivity contribution in [2.45, 2.75) is 122 Å². The van der Waals surface area contributed by atoms with Crippen LogP contribution in [0.4, 0.5) is 0 Å². The Kier molecular flexibility index (Phi) is 61.1. The van der Waals surface area contributed by atoms with Gasteiger partial charge in [-0.1, -0.05) is 60.1 Å². The molecule has 0 heterocycles. The standard InChI is InChI=1S/C13H19NO5.C12H17NO5.C10H17NO4.C9H15NO4.C8H13NO3.C7H11NO3.CH4/c1-8(2)12(16)18-6-11(14-10(5)15)7-19-13(17)9(3)4;1-5-10(15)17-7-12(4,13-9(3)14)8-18-11(16)6-2;1-5-14-9(6-11-8(4)12)15-10(13)7(2)3;1-4-8(12)14-9(13-5-2)6-10-7(3)11;1-6(2)8(11)12-5-4-9-7(3)10;1-3-7(10)11-5-4-8-6(2)9;/h11H,1,3,6-7H2,2,4-5H3,(H,14,15);5-6H,1-2,7-8H2,3-4H3,(H,13,14);9H,2,5-6H2,1,3-4H3,(H,11,12);4,9H,1,5-6H2,2-3H3,(H,10,11);1,4-5H2,2-3H3,(H,9,10);3H,1,4-5H2,2H3,(H,8,9);1H4. The highest BCUT2D eigenvalue weighted by molar-refractivity contribution is 5.89. The first-order valence-corrected chi connectivity index (χ1v) is 26.7. The van der Waals surface area contributed by atoms with Crippen LogP contribution in [0.3, 0.4) is 0 Å². The van der Waals surface area contributed by atoms with Crippen molar-refractivity contribution in [1.29, 1.82) is 0 Å². The van der Waals surface area contributed by atoms with E-state index in [1.165, 1.54) is 55.4 Å². The molecule has 510 valence electrons. The Bertz CT molecular complexity index is 2360. The third-order valence-corrected chi connectivity index (χ3v) is 8.50. The fourth-order valence-corrected chi connectivity index (χ4v) is 4.56. The molecule has 0 rings (SSSR count). The van der Waals surface area contributed by atoms with Gasteiger partial charge in [-0.05, 0) is 48.5 Å². The molecule has 0 aliphatic rings. The lowest BCUT2D eigenvalue weighted by atomic mass is 10.1. The average molecular weight is 1290 g/mol. The van der Waals surface area contributed by atoms with Gasteiger partial charge in [0.1, 0.15) is 45.2 Å². The van der Waals surface area contributed by atoms with Crippen molar-refractivity contribution in [2.24, 2.45) is 0 Å². The molecule has 0 aromatic rings. The minimum Gasteiger partial charge on any atom is -0.461 e.